The highest BCUT2D eigenvalue weighted by atomic mass is 16.6. The van der Waals surface area contributed by atoms with Crippen LogP contribution >= 0.6 is 0 Å². The van der Waals surface area contributed by atoms with Crippen LogP contribution in [0.15, 0.2) is 71.8 Å². The Balaban J connectivity index is 1.37. The van der Waals surface area contributed by atoms with Crippen LogP contribution in [0.3, 0.4) is 0 Å². The zero-order valence-electron chi connectivity index (χ0n) is 36.0. The van der Waals surface area contributed by atoms with E-state index < -0.39 is 119 Å². The number of carbonyl (C=O) groups excluding carboxylic acids is 6. The average Bonchev–Trinajstić information content (AvgIpc) is 3.24. The molecule has 0 aromatic heterocycles. The van der Waals surface area contributed by atoms with Crippen LogP contribution in [0.1, 0.15) is 108 Å². The van der Waals surface area contributed by atoms with E-state index in [1.165, 1.54) is 13.8 Å². The van der Waals surface area contributed by atoms with Gasteiger partial charge in [-0.15, -0.1) is 0 Å². The van der Waals surface area contributed by atoms with Gasteiger partial charge in [-0.05, 0) is 55.5 Å². The lowest BCUT2D eigenvalue weighted by molar-refractivity contribution is -0.347. The molecular formula is C47H57NO14. The van der Waals surface area contributed by atoms with Crippen LogP contribution in [0, 0.1) is 22.7 Å². The van der Waals surface area contributed by atoms with Gasteiger partial charge in [0.05, 0.1) is 36.0 Å². The molecule has 2 bridgehead atoms. The fraction of sp³-hybridized carbons (Fsp3) is 0.574. The molecule has 0 spiro atoms. The molecule has 11 atom stereocenters. The van der Waals surface area contributed by atoms with Crippen molar-refractivity contribution in [3.8, 4) is 0 Å². The van der Waals surface area contributed by atoms with Gasteiger partial charge >= 0.3 is 23.9 Å². The third-order valence-corrected chi connectivity index (χ3v) is 14.4. The molecule has 4 N–H and O–H groups in total. The van der Waals surface area contributed by atoms with E-state index in [1.54, 1.807) is 81.4 Å². The Bertz CT molecular complexity index is 2120. The molecular weight excluding hydrogens is 803 g/mol. The largest absolute Gasteiger partial charge is 0.459 e. The summed E-state index contributed by atoms with van der Waals surface area (Å²) in [4.78, 5) is 83.7. The van der Waals surface area contributed by atoms with Crippen LogP contribution in [0.4, 0.5) is 0 Å². The van der Waals surface area contributed by atoms with Gasteiger partial charge < -0.3 is 44.3 Å². The van der Waals surface area contributed by atoms with Crippen LogP contribution in [0.25, 0.3) is 0 Å². The van der Waals surface area contributed by atoms with Gasteiger partial charge in [-0.25, -0.2) is 4.79 Å². The Hall–Kier alpha value is -4.96. The number of amides is 1. The Kier molecular flexibility index (Phi) is 12.3. The number of carbonyl (C=O) groups is 6. The summed E-state index contributed by atoms with van der Waals surface area (Å²) in [6, 6.07) is 15.2. The Morgan fingerprint density at radius 1 is 0.871 bits per heavy atom. The van der Waals surface area contributed by atoms with Gasteiger partial charge in [0.15, 0.2) is 23.6 Å². The highest BCUT2D eigenvalue weighted by Crippen LogP contribution is 2.64. The number of rotatable bonds is 10. The van der Waals surface area contributed by atoms with E-state index in [1.807, 2.05) is 0 Å². The number of aliphatic hydroxyl groups is 3. The number of benzene rings is 2. The number of nitrogens with one attached hydrogen (secondary N) is 1. The van der Waals surface area contributed by atoms with Crippen LogP contribution in [-0.4, -0.2) is 105 Å². The zero-order chi connectivity index (χ0) is 44.9. The van der Waals surface area contributed by atoms with Crippen molar-refractivity contribution in [2.45, 2.75) is 140 Å². The molecule has 1 aliphatic heterocycles. The molecule has 3 saturated carbocycles. The summed E-state index contributed by atoms with van der Waals surface area (Å²) in [6.07, 6.45) is -6.69. The fourth-order valence-corrected chi connectivity index (χ4v) is 11.0. The van der Waals surface area contributed by atoms with Crippen molar-refractivity contribution in [2.24, 2.45) is 22.7 Å². The standard InChI is InChI=1S/C47H57NO14/c1-25-31(60-43(56)36(52)35(28-16-10-7-11-17-28)48-41(54)29-18-12-8-13-19-29)23-47(57)40(61-42(55)30-20-14-9-15-21-30)38-45(6,32(51)22-33-46(38,24-58-33)62-27(3)50)39(53)37(59-26(2)49)34(25)44(47,4)5/h7-8,10-13,16-19,30-33,35-38,40,51-52,57H,9,14-15,20-24H2,1-6H3,(H,48,54)/t31-,32-,33+,35-,36+,37+,38-,40-,45+,46-,47+/m0/s1. The number of ether oxygens (including phenoxy) is 5. The van der Waals surface area contributed by atoms with E-state index in [2.05, 4.69) is 5.32 Å². The molecule has 15 nitrogen and oxygen atoms in total. The second-order valence-corrected chi connectivity index (χ2v) is 18.4. The molecule has 334 valence electrons. The number of fused-ring (bicyclic) bond motifs is 5. The molecule has 0 unspecified atom stereocenters. The quantitative estimate of drug-likeness (QED) is 0.151. The maximum absolute atomic E-state index is 15.5. The number of hydrogen-bond donors (Lipinski definition) is 4. The lowest BCUT2D eigenvalue weighted by atomic mass is 9.44. The molecule has 1 saturated heterocycles. The molecule has 5 aliphatic rings. The number of hydrogen-bond acceptors (Lipinski definition) is 14. The van der Waals surface area contributed by atoms with Crippen molar-refractivity contribution < 1.29 is 67.8 Å². The molecule has 62 heavy (non-hydrogen) atoms. The molecule has 4 fully saturated rings. The molecule has 2 aromatic rings. The Labute approximate surface area is 360 Å². The second kappa shape index (κ2) is 17.0. The number of Topliss-reactive ketones (excluding diaryl/α,β-unsaturated/α-hetero) is 1. The highest BCUT2D eigenvalue weighted by Gasteiger charge is 2.78. The first kappa shape index (κ1) is 45.1. The van der Waals surface area contributed by atoms with E-state index in [-0.39, 0.29) is 29.7 Å². The summed E-state index contributed by atoms with van der Waals surface area (Å²) in [5.41, 5.74) is -6.77. The second-order valence-electron chi connectivity index (χ2n) is 18.4. The van der Waals surface area contributed by atoms with Gasteiger partial charge in [0.25, 0.3) is 5.91 Å². The number of ketones is 1. The third kappa shape index (κ3) is 7.54. The fourth-order valence-electron chi connectivity index (χ4n) is 11.0. The van der Waals surface area contributed by atoms with Crippen LogP contribution in [0.2, 0.25) is 0 Å². The number of esters is 4. The van der Waals surface area contributed by atoms with Crippen molar-refractivity contribution >= 4 is 35.6 Å². The minimum atomic E-state index is -2.32. The van der Waals surface area contributed by atoms with Gasteiger partial charge in [0, 0.05) is 37.7 Å². The Morgan fingerprint density at radius 3 is 2.08 bits per heavy atom. The first-order valence-corrected chi connectivity index (χ1v) is 21.4. The minimum Gasteiger partial charge on any atom is -0.459 e. The predicted molar refractivity (Wildman–Crippen MR) is 218 cm³/mol. The summed E-state index contributed by atoms with van der Waals surface area (Å²) in [5.74, 6) is -6.92. The molecule has 1 amide bonds. The van der Waals surface area contributed by atoms with Gasteiger partial charge in [-0.2, -0.15) is 0 Å². The lowest BCUT2D eigenvalue weighted by Crippen LogP contribution is -2.82. The first-order valence-electron chi connectivity index (χ1n) is 21.4. The van der Waals surface area contributed by atoms with E-state index >= 15 is 4.79 Å². The minimum absolute atomic E-state index is 0.0369. The smallest absolute Gasteiger partial charge is 0.338 e. The summed E-state index contributed by atoms with van der Waals surface area (Å²) in [7, 11) is 0. The summed E-state index contributed by atoms with van der Waals surface area (Å²) >= 11 is 0. The van der Waals surface area contributed by atoms with Crippen LogP contribution < -0.4 is 5.32 Å². The third-order valence-electron chi connectivity index (χ3n) is 14.4. The SMILES string of the molecule is CC(=O)O[C@H]1C(=O)[C@@]2(C)[C@H]([C@H](OC(=O)C3CCCCC3)[C@]3(O)C[C@H](OC(=O)[C@H](O)[C@@H](NC(=O)c4ccccc4)c4ccccc4)C(C)=C1C3(C)C)[C@]1(OC(C)=O)CO[C@@H]1C[C@@H]2O. The van der Waals surface area contributed by atoms with Gasteiger partial charge in [0.2, 0.25) is 0 Å². The topological polar surface area (TPSA) is 221 Å². The van der Waals surface area contributed by atoms with Gasteiger partial charge in [-0.3, -0.25) is 24.0 Å². The molecule has 1 heterocycles. The van der Waals surface area contributed by atoms with E-state index in [0.717, 1.165) is 26.2 Å². The molecule has 4 aliphatic carbocycles. The first-order chi connectivity index (χ1) is 29.3. The monoisotopic (exact) mass is 859 g/mol. The van der Waals surface area contributed by atoms with Gasteiger partial charge in [0.1, 0.15) is 23.9 Å². The summed E-state index contributed by atoms with van der Waals surface area (Å²) < 4.78 is 30.6. The maximum Gasteiger partial charge on any atom is 0.338 e. The van der Waals surface area contributed by atoms with E-state index in [9.17, 15) is 39.3 Å². The average molecular weight is 860 g/mol. The zero-order valence-corrected chi connectivity index (χ0v) is 36.0. The lowest BCUT2D eigenvalue weighted by Gasteiger charge is -2.67. The number of aliphatic hydroxyl groups excluding tert-OH is 2. The van der Waals surface area contributed by atoms with Crippen LogP contribution in [0.5, 0.6) is 0 Å². The predicted octanol–water partition coefficient (Wildman–Crippen LogP) is 4.00. The maximum atomic E-state index is 15.5. The molecule has 7 rings (SSSR count). The van der Waals surface area contributed by atoms with Crippen molar-refractivity contribution in [3.63, 3.8) is 0 Å². The molecule has 0 radical (unpaired) electrons. The highest BCUT2D eigenvalue weighted by molar-refractivity contribution is 5.96. The summed E-state index contributed by atoms with van der Waals surface area (Å²) in [6.45, 7) is 8.20. The Morgan fingerprint density at radius 2 is 1.50 bits per heavy atom. The van der Waals surface area contributed by atoms with Crippen molar-refractivity contribution in [1.82, 2.24) is 5.32 Å². The van der Waals surface area contributed by atoms with Crippen molar-refractivity contribution in [2.75, 3.05) is 6.61 Å². The van der Waals surface area contributed by atoms with Gasteiger partial charge in [-0.1, -0.05) is 81.6 Å². The molecule has 2 aromatic carbocycles. The summed E-state index contributed by atoms with van der Waals surface area (Å²) in [5, 5.41) is 40.4. The van der Waals surface area contributed by atoms with Crippen LogP contribution in [-0.2, 0) is 47.7 Å². The van der Waals surface area contributed by atoms with E-state index in [0.29, 0.717) is 18.4 Å². The van der Waals surface area contributed by atoms with E-state index in [4.69, 9.17) is 23.7 Å². The van der Waals surface area contributed by atoms with Crippen molar-refractivity contribution in [3.05, 3.63) is 82.9 Å². The molecule has 15 heteroatoms. The van der Waals surface area contributed by atoms with Crippen molar-refractivity contribution in [1.29, 1.82) is 0 Å². The normalized spacial score (nSPS) is 33.7.